The standard InChI is InChI=1S/C8H17N3O/c1-2-5-11(8(9)10-12)6-7-3-4-7/h7,12H,2-6H2,1H3,(H2,9,10). The first-order chi connectivity index (χ1) is 5.77. The molecule has 1 aliphatic rings. The minimum atomic E-state index is 0.253. The number of rotatable bonds is 4. The lowest BCUT2D eigenvalue weighted by molar-refractivity contribution is 0.294. The second kappa shape index (κ2) is 4.18. The molecule has 1 fully saturated rings. The average molecular weight is 171 g/mol. The first-order valence-corrected chi connectivity index (χ1v) is 4.50. The van der Waals surface area contributed by atoms with Crippen molar-refractivity contribution in [3.05, 3.63) is 0 Å². The molecule has 0 aromatic heterocycles. The molecule has 0 aromatic rings. The lowest BCUT2D eigenvalue weighted by Gasteiger charge is -2.21. The van der Waals surface area contributed by atoms with Gasteiger partial charge in [0.15, 0.2) is 0 Å². The van der Waals surface area contributed by atoms with Crippen molar-refractivity contribution in [3.63, 3.8) is 0 Å². The van der Waals surface area contributed by atoms with E-state index in [9.17, 15) is 0 Å². The lowest BCUT2D eigenvalue weighted by atomic mass is 10.3. The smallest absolute Gasteiger partial charge is 0.233 e. The minimum Gasteiger partial charge on any atom is -0.408 e. The fraction of sp³-hybridized carbons (Fsp3) is 0.875. The zero-order valence-electron chi connectivity index (χ0n) is 7.53. The number of hydrogen-bond acceptors (Lipinski definition) is 2. The third-order valence-electron chi connectivity index (χ3n) is 2.10. The molecule has 0 amide bonds. The highest BCUT2D eigenvalue weighted by Gasteiger charge is 2.24. The van der Waals surface area contributed by atoms with Crippen molar-refractivity contribution >= 4 is 5.96 Å². The Balaban J connectivity index is 2.35. The maximum absolute atomic E-state index is 8.49. The van der Waals surface area contributed by atoms with Gasteiger partial charge in [0.05, 0.1) is 0 Å². The van der Waals surface area contributed by atoms with Crippen molar-refractivity contribution in [1.29, 1.82) is 0 Å². The molecule has 0 heterocycles. The van der Waals surface area contributed by atoms with Crippen molar-refractivity contribution in [3.8, 4) is 0 Å². The van der Waals surface area contributed by atoms with Crippen LogP contribution in [0.1, 0.15) is 26.2 Å². The number of guanidine groups is 1. The number of oxime groups is 1. The van der Waals surface area contributed by atoms with E-state index in [1.165, 1.54) is 12.8 Å². The minimum absolute atomic E-state index is 0.253. The van der Waals surface area contributed by atoms with Crippen LogP contribution in [-0.2, 0) is 0 Å². The molecule has 4 heteroatoms. The largest absolute Gasteiger partial charge is 0.408 e. The summed E-state index contributed by atoms with van der Waals surface area (Å²) in [5.41, 5.74) is 5.51. The summed E-state index contributed by atoms with van der Waals surface area (Å²) in [6, 6.07) is 0. The molecular weight excluding hydrogens is 154 g/mol. The first kappa shape index (κ1) is 9.16. The Hall–Kier alpha value is -0.930. The van der Waals surface area contributed by atoms with Crippen LogP contribution in [0.15, 0.2) is 5.16 Å². The predicted molar refractivity (Wildman–Crippen MR) is 48.0 cm³/mol. The van der Waals surface area contributed by atoms with Crippen LogP contribution < -0.4 is 5.73 Å². The molecule has 0 radical (unpaired) electrons. The predicted octanol–water partition coefficient (Wildman–Crippen LogP) is 0.812. The monoisotopic (exact) mass is 171 g/mol. The number of hydrogen-bond donors (Lipinski definition) is 2. The highest BCUT2D eigenvalue weighted by Crippen LogP contribution is 2.29. The number of nitrogens with zero attached hydrogens (tertiary/aromatic N) is 2. The maximum Gasteiger partial charge on any atom is 0.233 e. The van der Waals surface area contributed by atoms with E-state index >= 15 is 0 Å². The molecular formula is C8H17N3O. The van der Waals surface area contributed by atoms with Gasteiger partial charge in [-0.05, 0) is 25.2 Å². The zero-order chi connectivity index (χ0) is 8.97. The first-order valence-electron chi connectivity index (χ1n) is 4.50. The van der Waals surface area contributed by atoms with Gasteiger partial charge in [-0.2, -0.15) is 0 Å². The normalized spacial score (nSPS) is 17.9. The van der Waals surface area contributed by atoms with Gasteiger partial charge in [-0.25, -0.2) is 0 Å². The molecule has 1 aliphatic carbocycles. The highest BCUT2D eigenvalue weighted by molar-refractivity contribution is 5.77. The van der Waals surface area contributed by atoms with Crippen LogP contribution in [0.3, 0.4) is 0 Å². The Morgan fingerprint density at radius 1 is 1.67 bits per heavy atom. The summed E-state index contributed by atoms with van der Waals surface area (Å²) in [5, 5.41) is 11.5. The Kier molecular flexibility index (Phi) is 3.19. The summed E-state index contributed by atoms with van der Waals surface area (Å²) in [4.78, 5) is 1.94. The van der Waals surface area contributed by atoms with Crippen molar-refractivity contribution in [2.75, 3.05) is 13.1 Å². The SMILES string of the molecule is CCCN(CC1CC1)C(N)=NO. The molecule has 12 heavy (non-hydrogen) atoms. The van der Waals surface area contributed by atoms with Gasteiger partial charge in [0.2, 0.25) is 5.96 Å². The second-order valence-corrected chi connectivity index (χ2v) is 3.35. The summed E-state index contributed by atoms with van der Waals surface area (Å²) in [7, 11) is 0. The Bertz CT molecular complexity index is 166. The Labute approximate surface area is 73.0 Å². The maximum atomic E-state index is 8.49. The van der Waals surface area contributed by atoms with Gasteiger partial charge in [-0.15, -0.1) is 0 Å². The molecule has 1 rings (SSSR count). The van der Waals surface area contributed by atoms with E-state index in [-0.39, 0.29) is 5.96 Å². The summed E-state index contributed by atoms with van der Waals surface area (Å²) in [6.07, 6.45) is 3.61. The third-order valence-corrected chi connectivity index (χ3v) is 2.10. The van der Waals surface area contributed by atoms with Crippen LogP contribution in [0.2, 0.25) is 0 Å². The van der Waals surface area contributed by atoms with Crippen molar-refractivity contribution in [2.24, 2.45) is 16.8 Å². The fourth-order valence-corrected chi connectivity index (χ4v) is 1.24. The van der Waals surface area contributed by atoms with Crippen LogP contribution in [0.25, 0.3) is 0 Å². The quantitative estimate of drug-likeness (QED) is 0.285. The Morgan fingerprint density at radius 2 is 2.33 bits per heavy atom. The molecule has 4 nitrogen and oxygen atoms in total. The summed E-state index contributed by atoms with van der Waals surface area (Å²) >= 11 is 0. The second-order valence-electron chi connectivity index (χ2n) is 3.35. The molecule has 0 saturated heterocycles. The molecule has 0 unspecified atom stereocenters. The Morgan fingerprint density at radius 3 is 2.75 bits per heavy atom. The van der Waals surface area contributed by atoms with Gasteiger partial charge < -0.3 is 15.8 Å². The summed E-state index contributed by atoms with van der Waals surface area (Å²) in [5.74, 6) is 1.03. The van der Waals surface area contributed by atoms with Crippen LogP contribution in [0.4, 0.5) is 0 Å². The van der Waals surface area contributed by atoms with E-state index in [1.807, 2.05) is 4.90 Å². The van der Waals surface area contributed by atoms with Crippen molar-refractivity contribution < 1.29 is 5.21 Å². The molecule has 3 N–H and O–H groups in total. The lowest BCUT2D eigenvalue weighted by Crippen LogP contribution is -2.39. The van der Waals surface area contributed by atoms with Gasteiger partial charge in [0.25, 0.3) is 0 Å². The van der Waals surface area contributed by atoms with Crippen LogP contribution >= 0.6 is 0 Å². The summed E-state index contributed by atoms with van der Waals surface area (Å²) < 4.78 is 0. The van der Waals surface area contributed by atoms with E-state index in [4.69, 9.17) is 10.9 Å². The molecule has 0 aliphatic heterocycles. The molecule has 0 spiro atoms. The molecule has 0 bridgehead atoms. The highest BCUT2D eigenvalue weighted by atomic mass is 16.4. The van der Waals surface area contributed by atoms with E-state index in [0.717, 1.165) is 25.4 Å². The van der Waals surface area contributed by atoms with E-state index in [0.29, 0.717) is 0 Å². The van der Waals surface area contributed by atoms with Gasteiger partial charge >= 0.3 is 0 Å². The van der Waals surface area contributed by atoms with E-state index in [2.05, 4.69) is 12.1 Å². The van der Waals surface area contributed by atoms with Crippen molar-refractivity contribution in [1.82, 2.24) is 4.90 Å². The van der Waals surface area contributed by atoms with Crippen LogP contribution in [-0.4, -0.2) is 29.2 Å². The molecule has 0 atom stereocenters. The van der Waals surface area contributed by atoms with E-state index < -0.39 is 0 Å². The van der Waals surface area contributed by atoms with Gasteiger partial charge in [0, 0.05) is 13.1 Å². The van der Waals surface area contributed by atoms with Gasteiger partial charge in [-0.3, -0.25) is 0 Å². The fourth-order valence-electron chi connectivity index (χ4n) is 1.24. The topological polar surface area (TPSA) is 61.8 Å². The van der Waals surface area contributed by atoms with Crippen LogP contribution in [0, 0.1) is 5.92 Å². The van der Waals surface area contributed by atoms with Crippen molar-refractivity contribution in [2.45, 2.75) is 26.2 Å². The van der Waals surface area contributed by atoms with Gasteiger partial charge in [-0.1, -0.05) is 12.1 Å². The average Bonchev–Trinajstić information content (AvgIpc) is 2.86. The van der Waals surface area contributed by atoms with Crippen LogP contribution in [0.5, 0.6) is 0 Å². The molecule has 1 saturated carbocycles. The molecule has 0 aromatic carbocycles. The van der Waals surface area contributed by atoms with E-state index in [1.54, 1.807) is 0 Å². The zero-order valence-corrected chi connectivity index (χ0v) is 7.53. The van der Waals surface area contributed by atoms with Gasteiger partial charge in [0.1, 0.15) is 0 Å². The number of nitrogens with two attached hydrogens (primary N) is 1. The summed E-state index contributed by atoms with van der Waals surface area (Å²) in [6.45, 7) is 3.92. The molecule has 70 valence electrons. The third kappa shape index (κ3) is 2.60.